The topological polar surface area (TPSA) is 55.1 Å². The van der Waals surface area contributed by atoms with Crippen LogP contribution in [0.4, 0.5) is 0 Å². The van der Waals surface area contributed by atoms with E-state index in [9.17, 15) is 4.79 Å². The monoisotopic (exact) mass is 200 g/mol. The molecule has 0 spiro atoms. The average molecular weight is 200 g/mol. The van der Waals surface area contributed by atoms with Crippen molar-refractivity contribution in [2.75, 3.05) is 6.54 Å². The van der Waals surface area contributed by atoms with E-state index in [0.717, 1.165) is 19.3 Å². The second-order valence-corrected chi connectivity index (χ2v) is 3.86. The van der Waals surface area contributed by atoms with Gasteiger partial charge in [-0.1, -0.05) is 19.8 Å². The van der Waals surface area contributed by atoms with E-state index in [1.165, 1.54) is 12.8 Å². The number of rotatable bonds is 8. The van der Waals surface area contributed by atoms with Crippen LogP contribution < -0.4 is 11.1 Å². The van der Waals surface area contributed by atoms with Crippen molar-refractivity contribution in [3.63, 3.8) is 0 Å². The Morgan fingerprint density at radius 1 is 1.36 bits per heavy atom. The number of carbonyl (C=O) groups is 1. The van der Waals surface area contributed by atoms with Gasteiger partial charge in [-0.2, -0.15) is 0 Å². The molecule has 3 heteroatoms. The molecular weight excluding hydrogens is 176 g/mol. The van der Waals surface area contributed by atoms with Crippen LogP contribution >= 0.6 is 0 Å². The molecule has 0 bridgehead atoms. The normalized spacial score (nSPS) is 12.5. The van der Waals surface area contributed by atoms with E-state index in [1.807, 2.05) is 0 Å². The summed E-state index contributed by atoms with van der Waals surface area (Å²) in [6.07, 6.45) is 5.92. The molecule has 0 aromatic heterocycles. The smallest absolute Gasteiger partial charge is 0.220 e. The van der Waals surface area contributed by atoms with Crippen LogP contribution in [0.1, 0.15) is 52.4 Å². The fourth-order valence-electron chi connectivity index (χ4n) is 1.36. The summed E-state index contributed by atoms with van der Waals surface area (Å²) >= 11 is 0. The maximum atomic E-state index is 11.3. The van der Waals surface area contributed by atoms with Gasteiger partial charge < -0.3 is 11.1 Å². The standard InChI is InChI=1S/C11H24N2O/c1-3-4-7-10(2)13-11(14)8-5-6-9-12/h10H,3-9,12H2,1-2H3,(H,13,14). The zero-order chi connectivity index (χ0) is 10.8. The minimum Gasteiger partial charge on any atom is -0.354 e. The van der Waals surface area contributed by atoms with Gasteiger partial charge in [0.05, 0.1) is 0 Å². The van der Waals surface area contributed by atoms with Crippen molar-refractivity contribution in [3.05, 3.63) is 0 Å². The molecule has 3 N–H and O–H groups in total. The molecule has 0 radical (unpaired) electrons. The van der Waals surface area contributed by atoms with E-state index in [2.05, 4.69) is 19.2 Å². The van der Waals surface area contributed by atoms with Gasteiger partial charge in [0.25, 0.3) is 0 Å². The summed E-state index contributed by atoms with van der Waals surface area (Å²) in [6.45, 7) is 4.91. The predicted octanol–water partition coefficient (Wildman–Crippen LogP) is 1.81. The number of nitrogens with two attached hydrogens (primary N) is 1. The molecule has 0 aliphatic carbocycles. The SMILES string of the molecule is CCCCC(C)NC(=O)CCCCN. The third-order valence-electron chi connectivity index (χ3n) is 2.26. The zero-order valence-corrected chi connectivity index (χ0v) is 9.51. The molecule has 1 unspecified atom stereocenters. The second kappa shape index (κ2) is 9.00. The van der Waals surface area contributed by atoms with E-state index in [1.54, 1.807) is 0 Å². The third kappa shape index (κ3) is 8.05. The molecule has 1 atom stereocenters. The molecular formula is C11H24N2O. The highest BCUT2D eigenvalue weighted by molar-refractivity contribution is 5.76. The Kier molecular flexibility index (Phi) is 8.64. The maximum absolute atomic E-state index is 11.3. The lowest BCUT2D eigenvalue weighted by molar-refractivity contribution is -0.121. The average Bonchev–Trinajstić information content (AvgIpc) is 2.15. The first-order valence-electron chi connectivity index (χ1n) is 5.70. The number of hydrogen-bond donors (Lipinski definition) is 2. The Morgan fingerprint density at radius 2 is 2.07 bits per heavy atom. The number of carbonyl (C=O) groups excluding carboxylic acids is 1. The largest absolute Gasteiger partial charge is 0.354 e. The summed E-state index contributed by atoms with van der Waals surface area (Å²) in [6, 6.07) is 0.320. The van der Waals surface area contributed by atoms with Crippen LogP contribution in [0.2, 0.25) is 0 Å². The van der Waals surface area contributed by atoms with Gasteiger partial charge in [-0.3, -0.25) is 4.79 Å². The Bertz CT molecular complexity index is 148. The molecule has 0 fully saturated rings. The Balaban J connectivity index is 3.40. The van der Waals surface area contributed by atoms with Crippen molar-refractivity contribution in [2.24, 2.45) is 5.73 Å². The highest BCUT2D eigenvalue weighted by Crippen LogP contribution is 2.01. The minimum absolute atomic E-state index is 0.169. The van der Waals surface area contributed by atoms with Gasteiger partial charge in [-0.05, 0) is 32.7 Å². The van der Waals surface area contributed by atoms with E-state index >= 15 is 0 Å². The molecule has 0 rings (SSSR count). The highest BCUT2D eigenvalue weighted by atomic mass is 16.1. The van der Waals surface area contributed by atoms with Crippen LogP contribution in [0.5, 0.6) is 0 Å². The van der Waals surface area contributed by atoms with Crippen molar-refractivity contribution < 1.29 is 4.79 Å². The third-order valence-corrected chi connectivity index (χ3v) is 2.26. The van der Waals surface area contributed by atoms with Crippen LogP contribution in [0.25, 0.3) is 0 Å². The molecule has 0 aromatic carbocycles. The van der Waals surface area contributed by atoms with Crippen LogP contribution in [0.15, 0.2) is 0 Å². The summed E-state index contributed by atoms with van der Waals surface area (Å²) < 4.78 is 0. The molecule has 0 aliphatic rings. The first-order chi connectivity index (χ1) is 6.70. The lowest BCUT2D eigenvalue weighted by Crippen LogP contribution is -2.32. The number of unbranched alkanes of at least 4 members (excludes halogenated alkanes) is 2. The first kappa shape index (κ1) is 13.4. The van der Waals surface area contributed by atoms with Gasteiger partial charge >= 0.3 is 0 Å². The maximum Gasteiger partial charge on any atom is 0.220 e. The van der Waals surface area contributed by atoms with Gasteiger partial charge in [0.2, 0.25) is 5.91 Å². The van der Waals surface area contributed by atoms with Crippen molar-refractivity contribution in [1.82, 2.24) is 5.32 Å². The fourth-order valence-corrected chi connectivity index (χ4v) is 1.36. The molecule has 0 heterocycles. The second-order valence-electron chi connectivity index (χ2n) is 3.86. The summed E-state index contributed by atoms with van der Waals surface area (Å²) in [5.41, 5.74) is 5.35. The van der Waals surface area contributed by atoms with E-state index in [4.69, 9.17) is 5.73 Å². The summed E-state index contributed by atoms with van der Waals surface area (Å²) in [5, 5.41) is 2.99. The molecule has 3 nitrogen and oxygen atoms in total. The lowest BCUT2D eigenvalue weighted by atomic mass is 10.1. The molecule has 14 heavy (non-hydrogen) atoms. The van der Waals surface area contributed by atoms with Crippen molar-refractivity contribution in [2.45, 2.75) is 58.4 Å². The zero-order valence-electron chi connectivity index (χ0n) is 9.51. The van der Waals surface area contributed by atoms with Crippen molar-refractivity contribution in [3.8, 4) is 0 Å². The molecule has 1 amide bonds. The molecule has 0 saturated carbocycles. The predicted molar refractivity (Wildman–Crippen MR) is 60.0 cm³/mol. The van der Waals surface area contributed by atoms with E-state index < -0.39 is 0 Å². The number of hydrogen-bond acceptors (Lipinski definition) is 2. The van der Waals surface area contributed by atoms with Crippen LogP contribution in [-0.4, -0.2) is 18.5 Å². The summed E-state index contributed by atoms with van der Waals surface area (Å²) in [4.78, 5) is 11.3. The quantitative estimate of drug-likeness (QED) is 0.587. The van der Waals surface area contributed by atoms with Gasteiger partial charge in [0, 0.05) is 12.5 Å². The van der Waals surface area contributed by atoms with Crippen molar-refractivity contribution >= 4 is 5.91 Å². The molecule has 0 aromatic rings. The summed E-state index contributed by atoms with van der Waals surface area (Å²) in [5.74, 6) is 0.169. The van der Waals surface area contributed by atoms with Gasteiger partial charge in [0.1, 0.15) is 0 Å². The Labute approximate surface area is 87.4 Å². The number of amides is 1. The Hall–Kier alpha value is -0.570. The highest BCUT2D eigenvalue weighted by Gasteiger charge is 2.05. The van der Waals surface area contributed by atoms with Gasteiger partial charge in [-0.15, -0.1) is 0 Å². The first-order valence-corrected chi connectivity index (χ1v) is 5.70. The van der Waals surface area contributed by atoms with Crippen LogP contribution in [0.3, 0.4) is 0 Å². The van der Waals surface area contributed by atoms with Gasteiger partial charge in [-0.25, -0.2) is 0 Å². The molecule has 84 valence electrons. The Morgan fingerprint density at radius 3 is 2.64 bits per heavy atom. The summed E-state index contributed by atoms with van der Waals surface area (Å²) in [7, 11) is 0. The van der Waals surface area contributed by atoms with E-state index in [-0.39, 0.29) is 5.91 Å². The van der Waals surface area contributed by atoms with Gasteiger partial charge in [0.15, 0.2) is 0 Å². The van der Waals surface area contributed by atoms with Crippen LogP contribution in [-0.2, 0) is 4.79 Å². The number of nitrogens with one attached hydrogen (secondary N) is 1. The minimum atomic E-state index is 0.169. The molecule has 0 aliphatic heterocycles. The lowest BCUT2D eigenvalue weighted by Gasteiger charge is -2.12. The fraction of sp³-hybridized carbons (Fsp3) is 0.909. The van der Waals surface area contributed by atoms with E-state index in [0.29, 0.717) is 19.0 Å². The van der Waals surface area contributed by atoms with Crippen LogP contribution in [0, 0.1) is 0 Å². The van der Waals surface area contributed by atoms with Crippen molar-refractivity contribution in [1.29, 1.82) is 0 Å². The molecule has 0 saturated heterocycles.